The van der Waals surface area contributed by atoms with Crippen LogP contribution >= 0.6 is 0 Å². The van der Waals surface area contributed by atoms with Crippen molar-refractivity contribution >= 4 is 11.4 Å². The normalized spacial score (nSPS) is 24.4. The molecule has 4 heteroatoms. The first-order valence-electron chi connectivity index (χ1n) is 5.52. The fraction of sp³-hybridized carbons (Fsp3) is 0.500. The Labute approximate surface area is 95.7 Å². The summed E-state index contributed by atoms with van der Waals surface area (Å²) < 4.78 is 10.7. The topological polar surface area (TPSA) is 56.5 Å². The maximum atomic E-state index is 5.79. The largest absolute Gasteiger partial charge is 0.497 e. The molecule has 1 aliphatic rings. The molecule has 1 aromatic rings. The van der Waals surface area contributed by atoms with Crippen LogP contribution in [0.1, 0.15) is 13.3 Å². The molecule has 1 fully saturated rings. The van der Waals surface area contributed by atoms with Gasteiger partial charge in [0, 0.05) is 30.1 Å². The molecule has 4 nitrogen and oxygen atoms in total. The fourth-order valence-electron chi connectivity index (χ4n) is 1.96. The van der Waals surface area contributed by atoms with Gasteiger partial charge in [0.25, 0.3) is 0 Å². The van der Waals surface area contributed by atoms with Gasteiger partial charge in [0.05, 0.1) is 19.3 Å². The summed E-state index contributed by atoms with van der Waals surface area (Å²) in [6.45, 7) is 2.90. The lowest BCUT2D eigenvalue weighted by atomic mass is 10.1. The van der Waals surface area contributed by atoms with Crippen LogP contribution in [0.2, 0.25) is 0 Å². The number of benzene rings is 1. The van der Waals surface area contributed by atoms with Gasteiger partial charge >= 0.3 is 0 Å². The van der Waals surface area contributed by atoms with E-state index >= 15 is 0 Å². The van der Waals surface area contributed by atoms with Crippen molar-refractivity contribution in [2.75, 3.05) is 24.8 Å². The average molecular weight is 222 g/mol. The minimum Gasteiger partial charge on any atom is -0.497 e. The Hall–Kier alpha value is -1.42. The maximum absolute atomic E-state index is 5.79. The number of nitrogens with two attached hydrogens (primary N) is 1. The molecule has 0 bridgehead atoms. The van der Waals surface area contributed by atoms with Crippen molar-refractivity contribution in [1.82, 2.24) is 0 Å². The third-order valence-electron chi connectivity index (χ3n) is 2.89. The zero-order chi connectivity index (χ0) is 11.5. The molecule has 0 aliphatic carbocycles. The molecular formula is C12H18N2O2. The number of anilines is 2. The molecular weight excluding hydrogens is 204 g/mol. The number of nitrogen functional groups attached to an aromatic ring is 1. The van der Waals surface area contributed by atoms with Crippen molar-refractivity contribution in [3.63, 3.8) is 0 Å². The van der Waals surface area contributed by atoms with Gasteiger partial charge in [0.15, 0.2) is 0 Å². The quantitative estimate of drug-likeness (QED) is 0.766. The van der Waals surface area contributed by atoms with Crippen LogP contribution in [0.25, 0.3) is 0 Å². The van der Waals surface area contributed by atoms with Crippen LogP contribution in [0.4, 0.5) is 11.4 Å². The van der Waals surface area contributed by atoms with Crippen LogP contribution in [0, 0.1) is 0 Å². The van der Waals surface area contributed by atoms with Gasteiger partial charge in [-0.1, -0.05) is 0 Å². The van der Waals surface area contributed by atoms with Gasteiger partial charge in [-0.15, -0.1) is 0 Å². The third-order valence-corrected chi connectivity index (χ3v) is 2.89. The first kappa shape index (κ1) is 11.1. The molecule has 0 saturated carbocycles. The summed E-state index contributed by atoms with van der Waals surface area (Å²) >= 11 is 0. The van der Waals surface area contributed by atoms with Gasteiger partial charge in [0.2, 0.25) is 0 Å². The van der Waals surface area contributed by atoms with Gasteiger partial charge in [-0.25, -0.2) is 0 Å². The first-order valence-corrected chi connectivity index (χ1v) is 5.52. The number of hydrogen-bond acceptors (Lipinski definition) is 4. The molecule has 0 amide bonds. The molecule has 1 heterocycles. The highest BCUT2D eigenvalue weighted by Gasteiger charge is 2.23. The number of ether oxygens (including phenoxy) is 2. The SMILES string of the molecule is COc1cc(N)cc(NC2CCOC2C)c1. The Kier molecular flexibility index (Phi) is 3.19. The third kappa shape index (κ3) is 2.39. The van der Waals surface area contributed by atoms with E-state index in [0.29, 0.717) is 11.7 Å². The average Bonchev–Trinajstić information content (AvgIpc) is 2.63. The molecule has 1 saturated heterocycles. The van der Waals surface area contributed by atoms with Crippen LogP contribution in [0.3, 0.4) is 0 Å². The van der Waals surface area contributed by atoms with E-state index in [4.69, 9.17) is 15.2 Å². The molecule has 0 aromatic heterocycles. The predicted molar refractivity (Wildman–Crippen MR) is 64.8 cm³/mol. The predicted octanol–water partition coefficient (Wildman–Crippen LogP) is 1.87. The van der Waals surface area contributed by atoms with E-state index in [1.54, 1.807) is 13.2 Å². The minimum absolute atomic E-state index is 0.243. The molecule has 88 valence electrons. The summed E-state index contributed by atoms with van der Waals surface area (Å²) in [5.41, 5.74) is 7.48. The minimum atomic E-state index is 0.243. The summed E-state index contributed by atoms with van der Waals surface area (Å²) in [6.07, 6.45) is 1.27. The highest BCUT2D eigenvalue weighted by molar-refractivity contribution is 5.59. The molecule has 2 atom stereocenters. The Balaban J connectivity index is 2.11. The summed E-state index contributed by atoms with van der Waals surface area (Å²) in [5.74, 6) is 0.772. The van der Waals surface area contributed by atoms with Crippen molar-refractivity contribution < 1.29 is 9.47 Å². The van der Waals surface area contributed by atoms with E-state index in [0.717, 1.165) is 24.5 Å². The van der Waals surface area contributed by atoms with Crippen molar-refractivity contribution in [2.45, 2.75) is 25.5 Å². The summed E-state index contributed by atoms with van der Waals surface area (Å²) in [7, 11) is 1.64. The van der Waals surface area contributed by atoms with Gasteiger partial charge in [-0.3, -0.25) is 0 Å². The van der Waals surface area contributed by atoms with Gasteiger partial charge in [-0.05, 0) is 19.4 Å². The van der Waals surface area contributed by atoms with Crippen LogP contribution in [0.5, 0.6) is 5.75 Å². The molecule has 1 aliphatic heterocycles. The van der Waals surface area contributed by atoms with Crippen molar-refractivity contribution in [1.29, 1.82) is 0 Å². The van der Waals surface area contributed by atoms with E-state index in [9.17, 15) is 0 Å². The molecule has 0 radical (unpaired) electrons. The second-order valence-electron chi connectivity index (χ2n) is 4.11. The Bertz CT molecular complexity index is 368. The van der Waals surface area contributed by atoms with Crippen LogP contribution in [-0.4, -0.2) is 25.9 Å². The molecule has 0 spiro atoms. The zero-order valence-electron chi connectivity index (χ0n) is 9.69. The monoisotopic (exact) mass is 222 g/mol. The maximum Gasteiger partial charge on any atom is 0.122 e. The van der Waals surface area contributed by atoms with E-state index in [1.165, 1.54) is 0 Å². The lowest BCUT2D eigenvalue weighted by Crippen LogP contribution is -2.26. The van der Waals surface area contributed by atoms with Gasteiger partial charge in [-0.2, -0.15) is 0 Å². The van der Waals surface area contributed by atoms with E-state index in [2.05, 4.69) is 12.2 Å². The van der Waals surface area contributed by atoms with Crippen LogP contribution in [-0.2, 0) is 4.74 Å². The van der Waals surface area contributed by atoms with Gasteiger partial charge in [0.1, 0.15) is 5.75 Å². The zero-order valence-corrected chi connectivity index (χ0v) is 9.69. The number of nitrogens with one attached hydrogen (secondary N) is 1. The summed E-state index contributed by atoms with van der Waals surface area (Å²) in [6, 6.07) is 6.01. The van der Waals surface area contributed by atoms with Crippen LogP contribution in [0.15, 0.2) is 18.2 Å². The highest BCUT2D eigenvalue weighted by Crippen LogP contribution is 2.25. The van der Waals surface area contributed by atoms with E-state index in [1.807, 2.05) is 12.1 Å². The molecule has 3 N–H and O–H groups in total. The van der Waals surface area contributed by atoms with Crippen LogP contribution < -0.4 is 15.8 Å². The molecule has 2 unspecified atom stereocenters. The molecule has 1 aromatic carbocycles. The Morgan fingerprint density at radius 3 is 2.88 bits per heavy atom. The van der Waals surface area contributed by atoms with Crippen molar-refractivity contribution in [3.05, 3.63) is 18.2 Å². The Morgan fingerprint density at radius 2 is 2.25 bits per heavy atom. The number of rotatable bonds is 3. The molecule has 16 heavy (non-hydrogen) atoms. The lowest BCUT2D eigenvalue weighted by molar-refractivity contribution is 0.121. The smallest absolute Gasteiger partial charge is 0.122 e. The van der Waals surface area contributed by atoms with Gasteiger partial charge < -0.3 is 20.5 Å². The summed E-state index contributed by atoms with van der Waals surface area (Å²) in [5, 5.41) is 3.42. The first-order chi connectivity index (χ1) is 7.69. The number of methoxy groups -OCH3 is 1. The standard InChI is InChI=1S/C12H18N2O2/c1-8-12(3-4-16-8)14-10-5-9(13)6-11(7-10)15-2/h5-8,12,14H,3-4,13H2,1-2H3. The second-order valence-corrected chi connectivity index (χ2v) is 4.11. The van der Waals surface area contributed by atoms with Crippen molar-refractivity contribution in [3.8, 4) is 5.75 Å². The second kappa shape index (κ2) is 4.61. The summed E-state index contributed by atoms with van der Waals surface area (Å²) in [4.78, 5) is 0. The molecule has 2 rings (SSSR count). The van der Waals surface area contributed by atoms with Crippen molar-refractivity contribution in [2.24, 2.45) is 0 Å². The Morgan fingerprint density at radius 1 is 1.44 bits per heavy atom. The highest BCUT2D eigenvalue weighted by atomic mass is 16.5. The lowest BCUT2D eigenvalue weighted by Gasteiger charge is -2.18. The van der Waals surface area contributed by atoms with E-state index in [-0.39, 0.29) is 6.10 Å². The van der Waals surface area contributed by atoms with E-state index < -0.39 is 0 Å². The fourth-order valence-corrected chi connectivity index (χ4v) is 1.96. The number of hydrogen-bond donors (Lipinski definition) is 2.